The van der Waals surface area contributed by atoms with Gasteiger partial charge in [-0.05, 0) is 52.6 Å². The van der Waals surface area contributed by atoms with Crippen molar-refractivity contribution in [1.29, 1.82) is 0 Å². The van der Waals surface area contributed by atoms with E-state index >= 15 is 0 Å². The standard InChI is InChI=1S/C23H22N2O3.CH2O2/c1-26-20-11-9-18(10-12-20)23(15-28-22(24)25-23)19-7-3-5-16(13-19)17-6-4-8-21(14-17)27-2;2-1-3/h3-14H,15H2,1-2H3,(H2,24,25);1H,(H,2,3). The largest absolute Gasteiger partial charge is 0.497 e. The van der Waals surface area contributed by atoms with Crippen molar-refractivity contribution in [1.82, 2.24) is 0 Å². The van der Waals surface area contributed by atoms with Crippen LogP contribution in [0.25, 0.3) is 11.1 Å². The highest BCUT2D eigenvalue weighted by Gasteiger charge is 2.40. The summed E-state index contributed by atoms with van der Waals surface area (Å²) in [4.78, 5) is 13.1. The van der Waals surface area contributed by atoms with Crippen LogP contribution in [0.5, 0.6) is 11.5 Å². The van der Waals surface area contributed by atoms with E-state index in [2.05, 4.69) is 24.3 Å². The van der Waals surface area contributed by atoms with E-state index in [1.807, 2.05) is 48.5 Å². The number of ether oxygens (including phenoxy) is 3. The molecule has 0 aromatic heterocycles. The van der Waals surface area contributed by atoms with Crippen molar-refractivity contribution in [3.8, 4) is 22.6 Å². The van der Waals surface area contributed by atoms with E-state index in [9.17, 15) is 0 Å². The molecule has 7 nitrogen and oxygen atoms in total. The molecule has 1 heterocycles. The highest BCUT2D eigenvalue weighted by molar-refractivity contribution is 5.76. The number of nitrogens with two attached hydrogens (primary N) is 1. The topological polar surface area (TPSA) is 103 Å². The summed E-state index contributed by atoms with van der Waals surface area (Å²) in [5.41, 5.74) is 9.38. The fraction of sp³-hybridized carbons (Fsp3) is 0.167. The minimum Gasteiger partial charge on any atom is -0.497 e. The number of rotatable bonds is 5. The average molecular weight is 420 g/mol. The number of hydrogen-bond acceptors (Lipinski definition) is 6. The smallest absolute Gasteiger partial charge is 0.290 e. The number of methoxy groups -OCH3 is 2. The molecule has 160 valence electrons. The zero-order valence-corrected chi connectivity index (χ0v) is 17.3. The highest BCUT2D eigenvalue weighted by atomic mass is 16.5. The van der Waals surface area contributed by atoms with Gasteiger partial charge in [0.25, 0.3) is 12.5 Å². The second kappa shape index (κ2) is 9.67. The van der Waals surface area contributed by atoms with Crippen molar-refractivity contribution in [2.75, 3.05) is 20.8 Å². The number of amidine groups is 1. The molecule has 1 unspecified atom stereocenters. The van der Waals surface area contributed by atoms with E-state index in [4.69, 9.17) is 34.8 Å². The van der Waals surface area contributed by atoms with Crippen LogP contribution in [0, 0.1) is 0 Å². The second-order valence-corrected chi connectivity index (χ2v) is 6.75. The first-order chi connectivity index (χ1) is 15.1. The third-order valence-electron chi connectivity index (χ3n) is 5.04. The van der Waals surface area contributed by atoms with Crippen LogP contribution in [0.1, 0.15) is 11.1 Å². The lowest BCUT2D eigenvalue weighted by Gasteiger charge is -2.26. The molecule has 3 N–H and O–H groups in total. The van der Waals surface area contributed by atoms with Crippen LogP contribution >= 0.6 is 0 Å². The summed E-state index contributed by atoms with van der Waals surface area (Å²) in [5, 5.41) is 6.89. The molecular weight excluding hydrogens is 396 g/mol. The Morgan fingerprint density at radius 2 is 1.55 bits per heavy atom. The summed E-state index contributed by atoms with van der Waals surface area (Å²) >= 11 is 0. The number of carboxylic acid groups (broad SMARTS) is 1. The SMILES string of the molecule is COc1ccc(C2(c3cccc(-c4cccc(OC)c4)c3)COC(N)=N2)cc1.O=CO. The van der Waals surface area contributed by atoms with Gasteiger partial charge in [0.05, 0.1) is 14.2 Å². The van der Waals surface area contributed by atoms with Gasteiger partial charge >= 0.3 is 0 Å². The van der Waals surface area contributed by atoms with Crippen LogP contribution in [0.15, 0.2) is 77.8 Å². The molecule has 1 aliphatic heterocycles. The molecule has 4 rings (SSSR count). The Kier molecular flexibility index (Phi) is 6.77. The molecule has 7 heteroatoms. The van der Waals surface area contributed by atoms with Crippen molar-refractivity contribution < 1.29 is 24.1 Å². The Hall–Kier alpha value is -4.00. The van der Waals surface area contributed by atoms with Gasteiger partial charge in [-0.1, -0.05) is 42.5 Å². The molecule has 0 bridgehead atoms. The summed E-state index contributed by atoms with van der Waals surface area (Å²) in [6.45, 7) is 0.104. The molecular formula is C24H24N2O5. The fourth-order valence-corrected chi connectivity index (χ4v) is 3.52. The normalized spacial score (nSPS) is 16.9. The zero-order valence-electron chi connectivity index (χ0n) is 17.3. The number of carbonyl (C=O) groups is 1. The van der Waals surface area contributed by atoms with Crippen molar-refractivity contribution in [3.05, 3.63) is 83.9 Å². The molecule has 1 aliphatic rings. The maximum atomic E-state index is 8.36. The van der Waals surface area contributed by atoms with Gasteiger partial charge in [-0.2, -0.15) is 0 Å². The molecule has 0 saturated heterocycles. The van der Waals surface area contributed by atoms with Gasteiger partial charge < -0.3 is 25.1 Å². The van der Waals surface area contributed by atoms with Crippen molar-refractivity contribution >= 4 is 12.5 Å². The Morgan fingerprint density at radius 1 is 0.935 bits per heavy atom. The number of aliphatic imine (C=N–C) groups is 1. The lowest BCUT2D eigenvalue weighted by atomic mass is 9.83. The summed E-state index contributed by atoms with van der Waals surface area (Å²) in [7, 11) is 3.32. The molecule has 0 aliphatic carbocycles. The van der Waals surface area contributed by atoms with E-state index in [0.29, 0.717) is 6.61 Å². The first-order valence-corrected chi connectivity index (χ1v) is 9.51. The monoisotopic (exact) mass is 420 g/mol. The lowest BCUT2D eigenvalue weighted by molar-refractivity contribution is -0.122. The molecule has 3 aromatic rings. The second-order valence-electron chi connectivity index (χ2n) is 6.75. The predicted octanol–water partition coefficient (Wildman–Crippen LogP) is 3.66. The Labute approximate surface area is 180 Å². The third kappa shape index (κ3) is 4.61. The summed E-state index contributed by atoms with van der Waals surface area (Å²) in [6, 6.07) is 24.3. The molecule has 1 atom stereocenters. The third-order valence-corrected chi connectivity index (χ3v) is 5.04. The van der Waals surface area contributed by atoms with Crippen LogP contribution in [0.2, 0.25) is 0 Å². The molecule has 0 spiro atoms. The quantitative estimate of drug-likeness (QED) is 0.611. The fourth-order valence-electron chi connectivity index (χ4n) is 3.52. The first kappa shape index (κ1) is 21.7. The minimum absolute atomic E-state index is 0.197. The molecule has 0 fully saturated rings. The summed E-state index contributed by atoms with van der Waals surface area (Å²) in [6.07, 6.45) is 0. The van der Waals surface area contributed by atoms with Crippen LogP contribution in [0.4, 0.5) is 0 Å². The van der Waals surface area contributed by atoms with Crippen molar-refractivity contribution in [2.24, 2.45) is 10.7 Å². The Bertz CT molecular complexity index is 1070. The zero-order chi connectivity index (χ0) is 22.3. The number of nitrogens with zero attached hydrogens (tertiary/aromatic N) is 1. The van der Waals surface area contributed by atoms with Gasteiger partial charge in [0.15, 0.2) is 5.54 Å². The molecule has 0 radical (unpaired) electrons. The van der Waals surface area contributed by atoms with Gasteiger partial charge in [-0.3, -0.25) is 4.79 Å². The number of hydrogen-bond donors (Lipinski definition) is 2. The summed E-state index contributed by atoms with van der Waals surface area (Å²) < 4.78 is 16.2. The first-order valence-electron chi connectivity index (χ1n) is 9.51. The van der Waals surface area contributed by atoms with E-state index in [1.54, 1.807) is 14.2 Å². The van der Waals surface area contributed by atoms with E-state index in [-0.39, 0.29) is 12.5 Å². The van der Waals surface area contributed by atoms with Gasteiger partial charge in [0.2, 0.25) is 0 Å². The average Bonchev–Trinajstić information content (AvgIpc) is 3.22. The van der Waals surface area contributed by atoms with E-state index in [1.165, 1.54) is 0 Å². The molecule has 3 aromatic carbocycles. The molecule has 0 saturated carbocycles. The number of benzene rings is 3. The van der Waals surface area contributed by atoms with Gasteiger partial charge in [-0.25, -0.2) is 4.99 Å². The summed E-state index contributed by atoms with van der Waals surface area (Å²) in [5.74, 6) is 1.61. The highest BCUT2D eigenvalue weighted by Crippen LogP contribution is 2.39. The maximum Gasteiger partial charge on any atom is 0.290 e. The van der Waals surface area contributed by atoms with Crippen LogP contribution < -0.4 is 15.2 Å². The van der Waals surface area contributed by atoms with Crippen LogP contribution in [-0.4, -0.2) is 38.4 Å². The van der Waals surface area contributed by atoms with Crippen LogP contribution in [0.3, 0.4) is 0 Å². The molecule has 31 heavy (non-hydrogen) atoms. The van der Waals surface area contributed by atoms with Crippen molar-refractivity contribution in [3.63, 3.8) is 0 Å². The van der Waals surface area contributed by atoms with Gasteiger partial charge in [0.1, 0.15) is 18.1 Å². The molecule has 0 amide bonds. The van der Waals surface area contributed by atoms with E-state index < -0.39 is 5.54 Å². The van der Waals surface area contributed by atoms with Crippen molar-refractivity contribution in [2.45, 2.75) is 5.54 Å². The Balaban J connectivity index is 0.000000858. The Morgan fingerprint density at radius 3 is 2.13 bits per heavy atom. The lowest BCUT2D eigenvalue weighted by Crippen LogP contribution is -2.27. The minimum atomic E-state index is -0.689. The predicted molar refractivity (Wildman–Crippen MR) is 118 cm³/mol. The van der Waals surface area contributed by atoms with Crippen LogP contribution in [-0.2, 0) is 15.1 Å². The van der Waals surface area contributed by atoms with E-state index in [0.717, 1.165) is 33.8 Å². The maximum absolute atomic E-state index is 8.36. The van der Waals surface area contributed by atoms with Gasteiger partial charge in [0, 0.05) is 0 Å². The van der Waals surface area contributed by atoms with Gasteiger partial charge in [-0.15, -0.1) is 0 Å².